The van der Waals surface area contributed by atoms with Crippen LogP contribution in [-0.2, 0) is 11.3 Å². The molecule has 0 unspecified atom stereocenters. The molecule has 1 aromatic rings. The molecule has 118 valence electrons. The lowest BCUT2D eigenvalue weighted by molar-refractivity contribution is 0.145. The van der Waals surface area contributed by atoms with Gasteiger partial charge in [0.15, 0.2) is 0 Å². The fourth-order valence-corrected chi connectivity index (χ4v) is 2.72. The summed E-state index contributed by atoms with van der Waals surface area (Å²) in [5, 5.41) is 4.36. The largest absolute Gasteiger partial charge is 0.491 e. The molecular weight excluding hydrogens is 288 g/mol. The van der Waals surface area contributed by atoms with E-state index in [9.17, 15) is 0 Å². The topological polar surface area (TPSA) is 33.7 Å². The highest BCUT2D eigenvalue weighted by Crippen LogP contribution is 2.23. The molecule has 0 atom stereocenters. The first-order valence-electron chi connectivity index (χ1n) is 7.51. The Kier molecular flexibility index (Phi) is 6.77. The maximum atomic E-state index is 6.10. The number of nitrogens with one attached hydrogen (secondary N) is 1. The maximum absolute atomic E-state index is 6.10. The number of benzene rings is 1. The molecule has 1 saturated heterocycles. The fourth-order valence-electron chi connectivity index (χ4n) is 2.53. The van der Waals surface area contributed by atoms with Gasteiger partial charge in [0.1, 0.15) is 12.4 Å². The first-order valence-corrected chi connectivity index (χ1v) is 7.89. The first-order chi connectivity index (χ1) is 10.2. The summed E-state index contributed by atoms with van der Waals surface area (Å²) in [5.74, 6) is 0.886. The first kappa shape index (κ1) is 16.6. The van der Waals surface area contributed by atoms with Gasteiger partial charge in [0.2, 0.25) is 0 Å². The van der Waals surface area contributed by atoms with Gasteiger partial charge in [-0.3, -0.25) is 0 Å². The van der Waals surface area contributed by atoms with Crippen molar-refractivity contribution >= 4 is 11.6 Å². The summed E-state index contributed by atoms with van der Waals surface area (Å²) in [6, 6.07) is 6.35. The van der Waals surface area contributed by atoms with E-state index in [1.165, 1.54) is 12.8 Å². The highest BCUT2D eigenvalue weighted by atomic mass is 35.5. The van der Waals surface area contributed by atoms with Gasteiger partial charge in [-0.15, -0.1) is 0 Å². The summed E-state index contributed by atoms with van der Waals surface area (Å²) >= 11 is 6.10. The van der Waals surface area contributed by atoms with Crippen molar-refractivity contribution in [2.45, 2.75) is 25.4 Å². The smallest absolute Gasteiger partial charge is 0.124 e. The normalized spacial score (nSPS) is 17.1. The Morgan fingerprint density at radius 1 is 1.29 bits per heavy atom. The van der Waals surface area contributed by atoms with Gasteiger partial charge in [0, 0.05) is 30.3 Å². The second-order valence-electron chi connectivity index (χ2n) is 5.55. The van der Waals surface area contributed by atoms with Crippen LogP contribution in [0.15, 0.2) is 18.2 Å². The molecule has 2 rings (SSSR count). The average molecular weight is 313 g/mol. The Morgan fingerprint density at radius 3 is 2.76 bits per heavy atom. The van der Waals surface area contributed by atoms with E-state index in [4.69, 9.17) is 21.1 Å². The van der Waals surface area contributed by atoms with Crippen molar-refractivity contribution in [3.05, 3.63) is 28.8 Å². The van der Waals surface area contributed by atoms with Crippen molar-refractivity contribution in [2.75, 3.05) is 40.5 Å². The van der Waals surface area contributed by atoms with Gasteiger partial charge in [0.05, 0.1) is 6.61 Å². The van der Waals surface area contributed by atoms with Gasteiger partial charge in [-0.25, -0.2) is 0 Å². The van der Waals surface area contributed by atoms with Gasteiger partial charge in [-0.1, -0.05) is 11.6 Å². The lowest BCUT2D eigenvalue weighted by atomic mass is 10.0. The van der Waals surface area contributed by atoms with Crippen LogP contribution in [-0.4, -0.2) is 51.4 Å². The van der Waals surface area contributed by atoms with Crippen molar-refractivity contribution in [2.24, 2.45) is 0 Å². The monoisotopic (exact) mass is 312 g/mol. The molecule has 1 heterocycles. The van der Waals surface area contributed by atoms with Crippen LogP contribution < -0.4 is 10.1 Å². The molecule has 0 saturated carbocycles. The van der Waals surface area contributed by atoms with Crippen molar-refractivity contribution in [3.63, 3.8) is 0 Å². The molecule has 1 aliphatic heterocycles. The standard InChI is InChI=1S/C16H25ClN2O2/c1-19-7-5-15(6-8-19)18-12-13-11-14(17)3-4-16(13)21-10-9-20-2/h3-4,11,15,18H,5-10,12H2,1-2H3. The number of hydrogen-bond acceptors (Lipinski definition) is 4. The van der Waals surface area contributed by atoms with Gasteiger partial charge < -0.3 is 19.7 Å². The number of likely N-dealkylation sites (tertiary alicyclic amines) is 1. The van der Waals surface area contributed by atoms with E-state index in [0.717, 1.165) is 36.0 Å². The molecule has 0 aromatic heterocycles. The molecule has 1 aliphatic rings. The molecule has 1 aromatic carbocycles. The summed E-state index contributed by atoms with van der Waals surface area (Å²) in [6.45, 7) is 4.25. The van der Waals surface area contributed by atoms with Crippen LogP contribution in [0, 0.1) is 0 Å². The predicted octanol–water partition coefficient (Wildman–Crippen LogP) is 2.55. The molecule has 0 aliphatic carbocycles. The summed E-state index contributed by atoms with van der Waals surface area (Å²) in [4.78, 5) is 2.37. The van der Waals surface area contributed by atoms with Gasteiger partial charge in [-0.2, -0.15) is 0 Å². The molecule has 1 N–H and O–H groups in total. The van der Waals surface area contributed by atoms with Crippen molar-refractivity contribution in [1.29, 1.82) is 0 Å². The molecule has 1 fully saturated rings. The molecule has 4 nitrogen and oxygen atoms in total. The second-order valence-corrected chi connectivity index (χ2v) is 5.99. The summed E-state index contributed by atoms with van der Waals surface area (Å²) in [7, 11) is 3.85. The minimum absolute atomic E-state index is 0.555. The zero-order chi connectivity index (χ0) is 15.1. The Balaban J connectivity index is 1.89. The average Bonchev–Trinajstić information content (AvgIpc) is 2.49. The fraction of sp³-hybridized carbons (Fsp3) is 0.625. The second kappa shape index (κ2) is 8.59. The third kappa shape index (κ3) is 5.47. The number of halogens is 1. The van der Waals surface area contributed by atoms with E-state index >= 15 is 0 Å². The minimum Gasteiger partial charge on any atom is -0.491 e. The van der Waals surface area contributed by atoms with E-state index in [1.54, 1.807) is 7.11 Å². The van der Waals surface area contributed by atoms with Gasteiger partial charge in [-0.05, 0) is 51.2 Å². The van der Waals surface area contributed by atoms with Crippen molar-refractivity contribution < 1.29 is 9.47 Å². The number of hydrogen-bond donors (Lipinski definition) is 1. The molecule has 0 amide bonds. The number of rotatable bonds is 7. The lowest BCUT2D eigenvalue weighted by Gasteiger charge is -2.29. The predicted molar refractivity (Wildman–Crippen MR) is 86.2 cm³/mol. The minimum atomic E-state index is 0.555. The SMILES string of the molecule is COCCOc1ccc(Cl)cc1CNC1CCN(C)CC1. The van der Waals surface area contributed by atoms with Crippen molar-refractivity contribution in [1.82, 2.24) is 10.2 Å². The molecule has 5 heteroatoms. The zero-order valence-electron chi connectivity index (χ0n) is 12.9. The van der Waals surface area contributed by atoms with E-state index in [0.29, 0.717) is 19.3 Å². The molecule has 0 spiro atoms. The van der Waals surface area contributed by atoms with Crippen LogP contribution in [0.5, 0.6) is 5.75 Å². The number of nitrogens with zero attached hydrogens (tertiary/aromatic N) is 1. The maximum Gasteiger partial charge on any atom is 0.124 e. The summed E-state index contributed by atoms with van der Waals surface area (Å²) in [6.07, 6.45) is 2.38. The number of methoxy groups -OCH3 is 1. The molecule has 21 heavy (non-hydrogen) atoms. The van der Waals surface area contributed by atoms with E-state index in [1.807, 2.05) is 18.2 Å². The Morgan fingerprint density at radius 2 is 2.05 bits per heavy atom. The Labute approximate surface area is 132 Å². The van der Waals surface area contributed by atoms with Crippen LogP contribution in [0.1, 0.15) is 18.4 Å². The highest BCUT2D eigenvalue weighted by Gasteiger charge is 2.16. The van der Waals surface area contributed by atoms with E-state index in [2.05, 4.69) is 17.3 Å². The zero-order valence-corrected chi connectivity index (χ0v) is 13.7. The van der Waals surface area contributed by atoms with Crippen LogP contribution in [0.3, 0.4) is 0 Å². The van der Waals surface area contributed by atoms with E-state index < -0.39 is 0 Å². The van der Waals surface area contributed by atoms with E-state index in [-0.39, 0.29) is 0 Å². The third-order valence-electron chi connectivity index (χ3n) is 3.87. The van der Waals surface area contributed by atoms with Crippen LogP contribution in [0.4, 0.5) is 0 Å². The van der Waals surface area contributed by atoms with Crippen molar-refractivity contribution in [3.8, 4) is 5.75 Å². The van der Waals surface area contributed by atoms with Crippen LogP contribution >= 0.6 is 11.6 Å². The highest BCUT2D eigenvalue weighted by molar-refractivity contribution is 6.30. The Hall–Kier alpha value is -0.810. The Bertz CT molecular complexity index is 434. The molecule has 0 radical (unpaired) electrons. The third-order valence-corrected chi connectivity index (χ3v) is 4.10. The summed E-state index contributed by atoms with van der Waals surface area (Å²) < 4.78 is 10.8. The van der Waals surface area contributed by atoms with Gasteiger partial charge in [0.25, 0.3) is 0 Å². The van der Waals surface area contributed by atoms with Crippen LogP contribution in [0.25, 0.3) is 0 Å². The lowest BCUT2D eigenvalue weighted by Crippen LogP contribution is -2.40. The van der Waals surface area contributed by atoms with Gasteiger partial charge >= 0.3 is 0 Å². The van der Waals surface area contributed by atoms with Crippen LogP contribution in [0.2, 0.25) is 5.02 Å². The number of ether oxygens (including phenoxy) is 2. The number of piperidine rings is 1. The summed E-state index contributed by atoms with van der Waals surface area (Å²) in [5.41, 5.74) is 1.11. The quantitative estimate of drug-likeness (QED) is 0.785. The molecular formula is C16H25ClN2O2. The molecule has 0 bridgehead atoms.